The fourth-order valence-electron chi connectivity index (χ4n) is 2.97. The van der Waals surface area contributed by atoms with E-state index < -0.39 is 23.8 Å². The zero-order valence-electron chi connectivity index (χ0n) is 15.1. The van der Waals surface area contributed by atoms with Gasteiger partial charge in [-0.05, 0) is 43.2 Å². The first-order chi connectivity index (χ1) is 13.0. The van der Waals surface area contributed by atoms with Crippen LogP contribution in [0.4, 0.5) is 10.5 Å². The van der Waals surface area contributed by atoms with Gasteiger partial charge < -0.3 is 9.47 Å². The third kappa shape index (κ3) is 3.76. The Balaban J connectivity index is 1.86. The van der Waals surface area contributed by atoms with Crippen LogP contribution in [-0.2, 0) is 16.0 Å². The topological polar surface area (TPSA) is 84.9 Å². The molecule has 1 heterocycles. The van der Waals surface area contributed by atoms with Crippen molar-refractivity contribution < 1.29 is 23.9 Å². The zero-order chi connectivity index (χ0) is 19.4. The fourth-order valence-corrected chi connectivity index (χ4v) is 2.97. The van der Waals surface area contributed by atoms with Crippen LogP contribution in [0.1, 0.15) is 12.5 Å². The van der Waals surface area contributed by atoms with Crippen molar-refractivity contribution in [1.82, 2.24) is 5.32 Å². The molecule has 4 amide bonds. The molecule has 0 aliphatic carbocycles. The van der Waals surface area contributed by atoms with Crippen LogP contribution >= 0.6 is 0 Å². The summed E-state index contributed by atoms with van der Waals surface area (Å²) < 4.78 is 10.8. The number of anilines is 1. The number of rotatable bonds is 6. The summed E-state index contributed by atoms with van der Waals surface area (Å²) >= 11 is 0. The van der Waals surface area contributed by atoms with Gasteiger partial charge in [-0.15, -0.1) is 0 Å². The summed E-state index contributed by atoms with van der Waals surface area (Å²) in [6.45, 7) is 2.36. The van der Waals surface area contributed by atoms with Crippen LogP contribution in [0.25, 0.3) is 0 Å². The van der Waals surface area contributed by atoms with E-state index in [2.05, 4.69) is 5.32 Å². The van der Waals surface area contributed by atoms with Crippen molar-refractivity contribution >= 4 is 23.5 Å². The third-order valence-corrected chi connectivity index (χ3v) is 4.25. The zero-order valence-corrected chi connectivity index (χ0v) is 15.1. The van der Waals surface area contributed by atoms with E-state index in [1.54, 1.807) is 48.5 Å². The minimum atomic E-state index is -1.01. The van der Waals surface area contributed by atoms with Crippen LogP contribution < -0.4 is 19.7 Å². The van der Waals surface area contributed by atoms with Gasteiger partial charge in [0, 0.05) is 0 Å². The third-order valence-electron chi connectivity index (χ3n) is 4.25. The number of methoxy groups -OCH3 is 1. The number of urea groups is 1. The molecule has 1 fully saturated rings. The van der Waals surface area contributed by atoms with Crippen LogP contribution in [-0.4, -0.2) is 31.6 Å². The molecule has 1 aliphatic heterocycles. The van der Waals surface area contributed by atoms with Crippen molar-refractivity contribution in [3.8, 4) is 11.5 Å². The van der Waals surface area contributed by atoms with Gasteiger partial charge in [0.2, 0.25) is 11.8 Å². The molecule has 2 aromatic rings. The first-order valence-electron chi connectivity index (χ1n) is 8.58. The molecule has 7 nitrogen and oxygen atoms in total. The first kappa shape index (κ1) is 18.4. The maximum absolute atomic E-state index is 12.9. The van der Waals surface area contributed by atoms with Gasteiger partial charge in [-0.25, -0.2) is 9.69 Å². The summed E-state index contributed by atoms with van der Waals surface area (Å²) in [5.41, 5.74) is 1.15. The highest BCUT2D eigenvalue weighted by Gasteiger charge is 2.41. The molecule has 1 atom stereocenters. The first-order valence-corrected chi connectivity index (χ1v) is 8.58. The Morgan fingerprint density at radius 3 is 2.44 bits per heavy atom. The molecule has 0 radical (unpaired) electrons. The number of ether oxygens (including phenoxy) is 2. The molecule has 3 rings (SSSR count). The average molecular weight is 368 g/mol. The SMILES string of the molecule is CCOc1ccc(CC2C(=O)NC(=O)N(c3ccccc3)C2=O)cc1OC. The highest BCUT2D eigenvalue weighted by atomic mass is 16.5. The maximum Gasteiger partial charge on any atom is 0.335 e. The molecule has 2 aromatic carbocycles. The molecule has 1 N–H and O–H groups in total. The molecule has 0 aromatic heterocycles. The number of hydrogen-bond acceptors (Lipinski definition) is 5. The molecule has 27 heavy (non-hydrogen) atoms. The van der Waals surface area contributed by atoms with Gasteiger partial charge >= 0.3 is 6.03 Å². The summed E-state index contributed by atoms with van der Waals surface area (Å²) in [4.78, 5) is 38.3. The Kier molecular flexibility index (Phi) is 5.40. The van der Waals surface area contributed by atoms with Crippen molar-refractivity contribution in [3.05, 3.63) is 54.1 Å². The van der Waals surface area contributed by atoms with E-state index in [-0.39, 0.29) is 6.42 Å². The highest BCUT2D eigenvalue weighted by Crippen LogP contribution is 2.30. The smallest absolute Gasteiger partial charge is 0.335 e. The molecular formula is C20H20N2O5. The van der Waals surface area contributed by atoms with Crippen LogP contribution in [0.5, 0.6) is 11.5 Å². The molecule has 0 saturated carbocycles. The standard InChI is InChI=1S/C20H20N2O5/c1-3-27-16-10-9-13(12-17(16)26-2)11-15-18(23)21-20(25)22(19(15)24)14-7-5-4-6-8-14/h4-10,12,15H,3,11H2,1-2H3,(H,21,23,25). The lowest BCUT2D eigenvalue weighted by atomic mass is 9.95. The van der Waals surface area contributed by atoms with Crippen molar-refractivity contribution in [2.24, 2.45) is 5.92 Å². The van der Waals surface area contributed by atoms with Crippen LogP contribution in [0.2, 0.25) is 0 Å². The van der Waals surface area contributed by atoms with Crippen LogP contribution in [0.3, 0.4) is 0 Å². The minimum Gasteiger partial charge on any atom is -0.493 e. The average Bonchev–Trinajstić information content (AvgIpc) is 2.67. The number of nitrogens with one attached hydrogen (secondary N) is 1. The Morgan fingerprint density at radius 2 is 1.78 bits per heavy atom. The van der Waals surface area contributed by atoms with E-state index in [9.17, 15) is 14.4 Å². The predicted octanol–water partition coefficient (Wildman–Crippen LogP) is 2.54. The van der Waals surface area contributed by atoms with Gasteiger partial charge in [-0.3, -0.25) is 14.9 Å². The van der Waals surface area contributed by atoms with E-state index >= 15 is 0 Å². The van der Waals surface area contributed by atoms with E-state index in [0.29, 0.717) is 23.8 Å². The number of amides is 4. The molecule has 140 valence electrons. The van der Waals surface area contributed by atoms with Gasteiger partial charge in [0.05, 0.1) is 19.4 Å². The van der Waals surface area contributed by atoms with Crippen LogP contribution in [0, 0.1) is 5.92 Å². The quantitative estimate of drug-likeness (QED) is 0.792. The normalized spacial score (nSPS) is 16.9. The summed E-state index contributed by atoms with van der Waals surface area (Å²) in [7, 11) is 1.52. The molecule has 1 aliphatic rings. The van der Waals surface area contributed by atoms with E-state index in [0.717, 1.165) is 10.5 Å². The number of nitrogens with zero attached hydrogens (tertiary/aromatic N) is 1. The largest absolute Gasteiger partial charge is 0.493 e. The lowest BCUT2D eigenvalue weighted by Crippen LogP contribution is -2.58. The van der Waals surface area contributed by atoms with E-state index in [1.807, 2.05) is 6.92 Å². The van der Waals surface area contributed by atoms with Crippen LogP contribution in [0.15, 0.2) is 48.5 Å². The Hall–Kier alpha value is -3.35. The lowest BCUT2D eigenvalue weighted by molar-refractivity contribution is -0.134. The Morgan fingerprint density at radius 1 is 1.04 bits per heavy atom. The van der Waals surface area contributed by atoms with Crippen molar-refractivity contribution in [3.63, 3.8) is 0 Å². The Bertz CT molecular complexity index is 866. The number of carbonyl (C=O) groups excluding carboxylic acids is 3. The van der Waals surface area contributed by atoms with Gasteiger partial charge in [-0.2, -0.15) is 0 Å². The number of hydrogen-bond donors (Lipinski definition) is 1. The minimum absolute atomic E-state index is 0.143. The molecule has 7 heteroatoms. The van der Waals surface area contributed by atoms with E-state index in [4.69, 9.17) is 9.47 Å². The molecule has 0 spiro atoms. The molecular weight excluding hydrogens is 348 g/mol. The van der Waals surface area contributed by atoms with Gasteiger partial charge in [0.25, 0.3) is 0 Å². The van der Waals surface area contributed by atoms with Gasteiger partial charge in [0.1, 0.15) is 5.92 Å². The molecule has 1 saturated heterocycles. The van der Waals surface area contributed by atoms with Gasteiger partial charge in [-0.1, -0.05) is 24.3 Å². The van der Waals surface area contributed by atoms with E-state index in [1.165, 1.54) is 7.11 Å². The monoisotopic (exact) mass is 368 g/mol. The molecule has 0 bridgehead atoms. The van der Waals surface area contributed by atoms with Gasteiger partial charge in [0.15, 0.2) is 11.5 Å². The summed E-state index contributed by atoms with van der Waals surface area (Å²) in [5.74, 6) is -1.06. The van der Waals surface area contributed by atoms with Crippen molar-refractivity contribution in [2.45, 2.75) is 13.3 Å². The second-order valence-electron chi connectivity index (χ2n) is 5.98. The number of imide groups is 2. The Labute approximate surface area is 156 Å². The summed E-state index contributed by atoms with van der Waals surface area (Å²) in [5, 5.41) is 2.26. The summed E-state index contributed by atoms with van der Waals surface area (Å²) in [6, 6.07) is 13.0. The number of carbonyl (C=O) groups is 3. The van der Waals surface area contributed by atoms with Crippen molar-refractivity contribution in [2.75, 3.05) is 18.6 Å². The predicted molar refractivity (Wildman–Crippen MR) is 98.8 cm³/mol. The number of para-hydroxylation sites is 1. The molecule has 1 unspecified atom stereocenters. The second-order valence-corrected chi connectivity index (χ2v) is 5.98. The second kappa shape index (κ2) is 7.90. The fraction of sp³-hybridized carbons (Fsp3) is 0.250. The lowest BCUT2D eigenvalue weighted by Gasteiger charge is -2.30. The highest BCUT2D eigenvalue weighted by molar-refractivity contribution is 6.27. The maximum atomic E-state index is 12.9. The summed E-state index contributed by atoms with van der Waals surface area (Å²) in [6.07, 6.45) is 0.143. The number of benzene rings is 2. The number of barbiturate groups is 1. The van der Waals surface area contributed by atoms with Crippen molar-refractivity contribution in [1.29, 1.82) is 0 Å².